The SMILES string of the molecule is COc1ccc(CCN2C(=O)c3oc4ccccc4c(=O)c3C23C(=O)N(Cc2ccc(Cl)cc2)c2ccccc23)cc1. The van der Waals surface area contributed by atoms with E-state index in [1.165, 1.54) is 4.90 Å². The van der Waals surface area contributed by atoms with Crippen LogP contribution in [0, 0.1) is 0 Å². The number of rotatable bonds is 6. The quantitative estimate of drug-likeness (QED) is 0.250. The van der Waals surface area contributed by atoms with Crippen LogP contribution in [0.15, 0.2) is 106 Å². The molecule has 7 nitrogen and oxygen atoms in total. The summed E-state index contributed by atoms with van der Waals surface area (Å²) < 4.78 is 11.4. The van der Waals surface area contributed by atoms with Crippen molar-refractivity contribution in [1.29, 1.82) is 0 Å². The molecule has 208 valence electrons. The minimum absolute atomic E-state index is 0.0667. The van der Waals surface area contributed by atoms with Crippen molar-refractivity contribution in [2.45, 2.75) is 18.5 Å². The van der Waals surface area contributed by atoms with Gasteiger partial charge in [0.25, 0.3) is 11.8 Å². The van der Waals surface area contributed by atoms with Gasteiger partial charge in [0, 0.05) is 17.1 Å². The summed E-state index contributed by atoms with van der Waals surface area (Å²) in [6.45, 7) is 0.420. The lowest BCUT2D eigenvalue weighted by Crippen LogP contribution is -2.53. The number of para-hydroxylation sites is 2. The van der Waals surface area contributed by atoms with Crippen LogP contribution >= 0.6 is 11.6 Å². The minimum Gasteiger partial charge on any atom is -0.497 e. The van der Waals surface area contributed by atoms with Crippen LogP contribution in [0.4, 0.5) is 5.69 Å². The Kier molecular flexibility index (Phi) is 6.13. The molecule has 5 aromatic rings. The van der Waals surface area contributed by atoms with Crippen LogP contribution < -0.4 is 15.1 Å². The molecule has 3 heterocycles. The predicted molar refractivity (Wildman–Crippen MR) is 160 cm³/mol. The molecule has 0 saturated heterocycles. The van der Waals surface area contributed by atoms with Crippen LogP contribution in [-0.4, -0.2) is 30.4 Å². The fraction of sp³-hybridized carbons (Fsp3) is 0.147. The number of fused-ring (bicyclic) bond motifs is 5. The maximum atomic E-state index is 14.9. The highest BCUT2D eigenvalue weighted by Crippen LogP contribution is 2.52. The van der Waals surface area contributed by atoms with Crippen LogP contribution in [0.3, 0.4) is 0 Å². The van der Waals surface area contributed by atoms with Crippen molar-refractivity contribution in [3.05, 3.63) is 140 Å². The molecule has 0 fully saturated rings. The van der Waals surface area contributed by atoms with Gasteiger partial charge in [-0.3, -0.25) is 14.4 Å². The Morgan fingerprint density at radius 2 is 1.52 bits per heavy atom. The number of methoxy groups -OCH3 is 1. The summed E-state index contributed by atoms with van der Waals surface area (Å²) >= 11 is 6.12. The van der Waals surface area contributed by atoms with Crippen molar-refractivity contribution in [2.75, 3.05) is 18.6 Å². The average Bonchev–Trinajstić information content (AvgIpc) is 3.41. The number of hydrogen-bond donors (Lipinski definition) is 0. The number of hydrogen-bond acceptors (Lipinski definition) is 5. The first-order chi connectivity index (χ1) is 20.4. The highest BCUT2D eigenvalue weighted by Gasteiger charge is 2.64. The van der Waals surface area contributed by atoms with E-state index in [0.29, 0.717) is 33.7 Å². The summed E-state index contributed by atoms with van der Waals surface area (Å²) in [6.07, 6.45) is 0.450. The second-order valence-corrected chi connectivity index (χ2v) is 10.9. The summed E-state index contributed by atoms with van der Waals surface area (Å²) in [5, 5.41) is 0.912. The molecule has 0 bridgehead atoms. The second kappa shape index (κ2) is 9.89. The molecule has 0 radical (unpaired) electrons. The van der Waals surface area contributed by atoms with Crippen molar-refractivity contribution >= 4 is 40.1 Å². The smallest absolute Gasteiger partial charge is 0.291 e. The molecule has 42 heavy (non-hydrogen) atoms. The summed E-state index contributed by atoms with van der Waals surface area (Å²) in [5.74, 6) is -0.232. The molecule has 2 aliphatic rings. The zero-order chi connectivity index (χ0) is 29.0. The standard InChI is InChI=1S/C34H25ClN2O5/c1-41-24-16-12-21(13-17-24)18-19-37-32(39)31-29(30(38)25-6-2-5-9-28(25)42-31)34(37)26-7-3-4-8-27(26)36(33(34)40)20-22-10-14-23(35)15-11-22/h2-17H,18-20H2,1H3. The van der Waals surface area contributed by atoms with Gasteiger partial charge in [-0.2, -0.15) is 0 Å². The van der Waals surface area contributed by atoms with E-state index in [9.17, 15) is 14.4 Å². The van der Waals surface area contributed by atoms with Crippen LogP contribution in [0.2, 0.25) is 5.02 Å². The molecule has 2 aliphatic heterocycles. The van der Waals surface area contributed by atoms with Crippen LogP contribution in [0.25, 0.3) is 11.0 Å². The maximum absolute atomic E-state index is 14.9. The molecular formula is C34H25ClN2O5. The van der Waals surface area contributed by atoms with Gasteiger partial charge in [0.1, 0.15) is 11.3 Å². The van der Waals surface area contributed by atoms with E-state index >= 15 is 0 Å². The van der Waals surface area contributed by atoms with Crippen molar-refractivity contribution < 1.29 is 18.7 Å². The first-order valence-electron chi connectivity index (χ1n) is 13.6. The number of halogens is 1. The molecule has 7 rings (SSSR count). The van der Waals surface area contributed by atoms with Crippen molar-refractivity contribution in [3.63, 3.8) is 0 Å². The fourth-order valence-corrected chi connectivity index (χ4v) is 6.33. The monoisotopic (exact) mass is 576 g/mol. The summed E-state index contributed by atoms with van der Waals surface area (Å²) in [4.78, 5) is 46.5. The van der Waals surface area contributed by atoms with Gasteiger partial charge in [0.2, 0.25) is 5.76 Å². The molecule has 8 heteroatoms. The Bertz CT molecular complexity index is 1930. The molecule has 1 aromatic heterocycles. The average molecular weight is 577 g/mol. The topological polar surface area (TPSA) is 80.1 Å². The van der Waals surface area contributed by atoms with Gasteiger partial charge in [-0.1, -0.05) is 66.2 Å². The number of anilines is 1. The fourth-order valence-electron chi connectivity index (χ4n) is 6.20. The van der Waals surface area contributed by atoms with Crippen molar-refractivity contribution in [3.8, 4) is 5.75 Å². The minimum atomic E-state index is -1.67. The lowest BCUT2D eigenvalue weighted by atomic mass is 9.83. The van der Waals surface area contributed by atoms with Gasteiger partial charge in [0.15, 0.2) is 11.0 Å². The first kappa shape index (κ1) is 26.0. The van der Waals surface area contributed by atoms with E-state index in [2.05, 4.69) is 0 Å². The zero-order valence-corrected chi connectivity index (χ0v) is 23.4. The molecule has 0 saturated carbocycles. The van der Waals surface area contributed by atoms with Gasteiger partial charge in [-0.05, 0) is 60.0 Å². The molecular weight excluding hydrogens is 552 g/mol. The molecule has 4 aromatic carbocycles. The second-order valence-electron chi connectivity index (χ2n) is 10.4. The van der Waals surface area contributed by atoms with Crippen molar-refractivity contribution in [2.24, 2.45) is 0 Å². The van der Waals surface area contributed by atoms with Gasteiger partial charge < -0.3 is 19.0 Å². The van der Waals surface area contributed by atoms with Crippen molar-refractivity contribution in [1.82, 2.24) is 4.90 Å². The molecule has 1 unspecified atom stereocenters. The summed E-state index contributed by atoms with van der Waals surface area (Å²) in [5.41, 5.74) is 1.34. The van der Waals surface area contributed by atoms with Gasteiger partial charge in [-0.15, -0.1) is 0 Å². The number of ether oxygens (including phenoxy) is 1. The zero-order valence-electron chi connectivity index (χ0n) is 22.7. The van der Waals surface area contributed by atoms with E-state index in [4.69, 9.17) is 20.8 Å². The molecule has 2 amide bonds. The normalized spacial score (nSPS) is 17.3. The van der Waals surface area contributed by atoms with E-state index in [1.54, 1.807) is 48.4 Å². The van der Waals surface area contributed by atoms with Crippen LogP contribution in [-0.2, 0) is 23.3 Å². The lowest BCUT2D eigenvalue weighted by molar-refractivity contribution is -0.126. The highest BCUT2D eigenvalue weighted by molar-refractivity contribution is 6.30. The van der Waals surface area contributed by atoms with Gasteiger partial charge >= 0.3 is 0 Å². The van der Waals surface area contributed by atoms with Gasteiger partial charge in [0.05, 0.1) is 30.3 Å². The Morgan fingerprint density at radius 3 is 2.29 bits per heavy atom. The number of amides is 2. The van der Waals surface area contributed by atoms with Crippen LogP contribution in [0.5, 0.6) is 5.75 Å². The number of nitrogens with zero attached hydrogens (tertiary/aromatic N) is 2. The Balaban J connectivity index is 1.42. The number of benzene rings is 4. The Hall–Kier alpha value is -4.88. The molecule has 0 N–H and O–H groups in total. The van der Waals surface area contributed by atoms with Crippen LogP contribution in [0.1, 0.15) is 32.8 Å². The third-order valence-electron chi connectivity index (χ3n) is 8.18. The maximum Gasteiger partial charge on any atom is 0.291 e. The van der Waals surface area contributed by atoms with E-state index in [1.807, 2.05) is 60.7 Å². The Labute approximate surface area is 246 Å². The van der Waals surface area contributed by atoms with Gasteiger partial charge in [-0.25, -0.2) is 0 Å². The molecule has 1 spiro atoms. The van der Waals surface area contributed by atoms with E-state index in [-0.39, 0.29) is 35.7 Å². The van der Waals surface area contributed by atoms with E-state index in [0.717, 1.165) is 16.9 Å². The highest BCUT2D eigenvalue weighted by atomic mass is 35.5. The summed E-state index contributed by atoms with van der Waals surface area (Å²) in [6, 6.07) is 29.0. The molecule has 0 aliphatic carbocycles. The number of carbonyl (C=O) groups is 2. The number of carbonyl (C=O) groups excluding carboxylic acids is 2. The van der Waals surface area contributed by atoms with E-state index < -0.39 is 11.4 Å². The largest absolute Gasteiger partial charge is 0.497 e. The first-order valence-corrected chi connectivity index (χ1v) is 14.0. The third kappa shape index (κ3) is 3.77. The predicted octanol–water partition coefficient (Wildman–Crippen LogP) is 5.94. The Morgan fingerprint density at radius 1 is 0.833 bits per heavy atom. The lowest BCUT2D eigenvalue weighted by Gasteiger charge is -2.34. The molecule has 1 atom stereocenters. The third-order valence-corrected chi connectivity index (χ3v) is 8.43. The summed E-state index contributed by atoms with van der Waals surface area (Å²) in [7, 11) is 1.60.